The molecule has 0 spiro atoms. The first-order valence-electron chi connectivity index (χ1n) is 9.02. The van der Waals surface area contributed by atoms with E-state index >= 15 is 0 Å². The molecule has 0 radical (unpaired) electrons. The Morgan fingerprint density at radius 3 is 2.59 bits per heavy atom. The smallest absolute Gasteiger partial charge is 0.250 e. The SMILES string of the molecule is Cc1cccc(NC(=O)[C@@H](C)N2CCC(NS(=O)(=O)c3cccs3)CC2)c1. The molecule has 0 bridgehead atoms. The number of carbonyl (C=O) groups excluding carboxylic acids is 1. The van der Waals surface area contributed by atoms with Crippen LogP contribution in [0.4, 0.5) is 5.69 Å². The Kier molecular flexibility index (Phi) is 6.31. The fraction of sp³-hybridized carbons (Fsp3) is 0.421. The van der Waals surface area contributed by atoms with Crippen molar-refractivity contribution < 1.29 is 13.2 Å². The Balaban J connectivity index is 1.51. The number of rotatable bonds is 6. The molecule has 27 heavy (non-hydrogen) atoms. The lowest BCUT2D eigenvalue weighted by Gasteiger charge is -2.35. The highest BCUT2D eigenvalue weighted by molar-refractivity contribution is 7.91. The molecule has 0 unspecified atom stereocenters. The van der Waals surface area contributed by atoms with Gasteiger partial charge in [0.05, 0.1) is 6.04 Å². The molecule has 2 N–H and O–H groups in total. The number of thiophene rings is 1. The van der Waals surface area contributed by atoms with Crippen LogP contribution in [0.2, 0.25) is 0 Å². The van der Waals surface area contributed by atoms with Crippen LogP contribution in [-0.2, 0) is 14.8 Å². The predicted molar refractivity (Wildman–Crippen MR) is 109 cm³/mol. The molecule has 2 heterocycles. The van der Waals surface area contributed by atoms with Crippen molar-refractivity contribution in [1.82, 2.24) is 9.62 Å². The van der Waals surface area contributed by atoms with Crippen LogP contribution in [0.15, 0.2) is 46.0 Å². The van der Waals surface area contributed by atoms with E-state index in [1.165, 1.54) is 11.3 Å². The zero-order valence-corrected chi connectivity index (χ0v) is 17.1. The Morgan fingerprint density at radius 2 is 1.96 bits per heavy atom. The highest BCUT2D eigenvalue weighted by atomic mass is 32.2. The minimum Gasteiger partial charge on any atom is -0.325 e. The maximum absolute atomic E-state index is 12.5. The number of aryl methyl sites for hydroxylation is 1. The maximum Gasteiger partial charge on any atom is 0.250 e. The van der Waals surface area contributed by atoms with Crippen molar-refractivity contribution >= 4 is 33.0 Å². The van der Waals surface area contributed by atoms with Gasteiger partial charge >= 0.3 is 0 Å². The minimum absolute atomic E-state index is 0.0433. The van der Waals surface area contributed by atoms with Gasteiger partial charge < -0.3 is 5.32 Å². The number of nitrogens with one attached hydrogen (secondary N) is 2. The first kappa shape index (κ1) is 20.0. The fourth-order valence-corrected chi connectivity index (χ4v) is 5.55. The second kappa shape index (κ2) is 8.52. The molecule has 6 nitrogen and oxygen atoms in total. The van der Waals surface area contributed by atoms with E-state index in [9.17, 15) is 13.2 Å². The second-order valence-electron chi connectivity index (χ2n) is 6.90. The molecule has 8 heteroatoms. The number of sulfonamides is 1. The van der Waals surface area contributed by atoms with Gasteiger partial charge in [-0.15, -0.1) is 11.3 Å². The Bertz CT molecular complexity index is 873. The monoisotopic (exact) mass is 407 g/mol. The van der Waals surface area contributed by atoms with Crippen molar-refractivity contribution in [2.75, 3.05) is 18.4 Å². The maximum atomic E-state index is 12.5. The largest absolute Gasteiger partial charge is 0.325 e. The summed E-state index contributed by atoms with van der Waals surface area (Å²) in [4.78, 5) is 14.6. The van der Waals surface area contributed by atoms with E-state index < -0.39 is 10.0 Å². The Labute approximate surface area is 164 Å². The van der Waals surface area contributed by atoms with E-state index in [-0.39, 0.29) is 18.0 Å². The van der Waals surface area contributed by atoms with Crippen LogP contribution in [-0.4, -0.2) is 44.4 Å². The summed E-state index contributed by atoms with van der Waals surface area (Å²) in [5.74, 6) is -0.0433. The summed E-state index contributed by atoms with van der Waals surface area (Å²) in [6, 6.07) is 10.7. The number of hydrogen-bond donors (Lipinski definition) is 2. The van der Waals surface area contributed by atoms with E-state index in [0.717, 1.165) is 11.3 Å². The highest BCUT2D eigenvalue weighted by Crippen LogP contribution is 2.20. The summed E-state index contributed by atoms with van der Waals surface area (Å²) in [5, 5.41) is 4.71. The first-order valence-corrected chi connectivity index (χ1v) is 11.4. The van der Waals surface area contributed by atoms with Gasteiger partial charge in [0, 0.05) is 24.8 Å². The van der Waals surface area contributed by atoms with Crippen LogP contribution >= 0.6 is 11.3 Å². The average Bonchev–Trinajstić information content (AvgIpc) is 3.17. The number of nitrogens with zero attached hydrogens (tertiary/aromatic N) is 1. The van der Waals surface area contributed by atoms with Crippen molar-refractivity contribution in [2.24, 2.45) is 0 Å². The van der Waals surface area contributed by atoms with Crippen LogP contribution < -0.4 is 10.0 Å². The number of piperidine rings is 1. The zero-order valence-electron chi connectivity index (χ0n) is 15.5. The van der Waals surface area contributed by atoms with E-state index in [1.807, 2.05) is 38.1 Å². The summed E-state index contributed by atoms with van der Waals surface area (Å²) in [7, 11) is -3.44. The number of benzene rings is 1. The molecule has 0 aliphatic carbocycles. The highest BCUT2D eigenvalue weighted by Gasteiger charge is 2.29. The quantitative estimate of drug-likeness (QED) is 0.772. The van der Waals surface area contributed by atoms with E-state index in [0.29, 0.717) is 30.1 Å². The summed E-state index contributed by atoms with van der Waals surface area (Å²) >= 11 is 1.22. The third-order valence-electron chi connectivity index (χ3n) is 4.82. The molecule has 1 aromatic carbocycles. The third kappa shape index (κ3) is 5.16. The van der Waals surface area contributed by atoms with Gasteiger partial charge in [0.2, 0.25) is 15.9 Å². The first-order chi connectivity index (χ1) is 12.8. The van der Waals surface area contributed by atoms with Gasteiger partial charge in [0.1, 0.15) is 4.21 Å². The topological polar surface area (TPSA) is 78.5 Å². The van der Waals surface area contributed by atoms with Crippen molar-refractivity contribution in [1.29, 1.82) is 0 Å². The summed E-state index contributed by atoms with van der Waals surface area (Å²) in [6.45, 7) is 5.24. The number of likely N-dealkylation sites (tertiary alicyclic amines) is 1. The van der Waals surface area contributed by atoms with E-state index in [1.54, 1.807) is 17.5 Å². The molecular formula is C19H25N3O3S2. The molecule has 1 aromatic heterocycles. The number of hydrogen-bond acceptors (Lipinski definition) is 5. The summed E-state index contributed by atoms with van der Waals surface area (Å²) in [5.41, 5.74) is 1.89. The lowest BCUT2D eigenvalue weighted by atomic mass is 10.0. The van der Waals surface area contributed by atoms with Gasteiger partial charge in [0.25, 0.3) is 0 Å². The molecule has 1 fully saturated rings. The van der Waals surface area contributed by atoms with Crippen LogP contribution in [0.5, 0.6) is 0 Å². The van der Waals surface area contributed by atoms with Crippen molar-refractivity contribution in [3.8, 4) is 0 Å². The fourth-order valence-electron chi connectivity index (χ4n) is 3.23. The predicted octanol–water partition coefficient (Wildman–Crippen LogP) is 2.83. The Hall–Kier alpha value is -1.74. The second-order valence-corrected chi connectivity index (χ2v) is 9.79. The van der Waals surface area contributed by atoms with Gasteiger partial charge in [0.15, 0.2) is 0 Å². The molecule has 1 saturated heterocycles. The Morgan fingerprint density at radius 1 is 1.22 bits per heavy atom. The minimum atomic E-state index is -3.44. The van der Waals surface area contributed by atoms with Gasteiger partial charge in [-0.2, -0.15) is 0 Å². The standard InChI is InChI=1S/C19H25N3O3S2/c1-14-5-3-6-17(13-14)20-19(23)15(2)22-10-8-16(9-11-22)21-27(24,25)18-7-4-12-26-18/h3-7,12-13,15-16,21H,8-11H2,1-2H3,(H,20,23)/t15-/m1/s1. The molecule has 1 aliphatic heterocycles. The van der Waals surface area contributed by atoms with Gasteiger partial charge in [-0.25, -0.2) is 13.1 Å². The average molecular weight is 408 g/mol. The van der Waals surface area contributed by atoms with Gasteiger partial charge in [-0.05, 0) is 55.8 Å². The molecule has 1 atom stereocenters. The van der Waals surface area contributed by atoms with Crippen molar-refractivity contribution in [2.45, 2.75) is 43.0 Å². The lowest BCUT2D eigenvalue weighted by Crippen LogP contribution is -2.50. The van der Waals surface area contributed by atoms with Crippen LogP contribution in [0.1, 0.15) is 25.3 Å². The molecule has 1 aliphatic rings. The van der Waals surface area contributed by atoms with Crippen molar-refractivity contribution in [3.63, 3.8) is 0 Å². The molecule has 1 amide bonds. The molecule has 2 aromatic rings. The zero-order chi connectivity index (χ0) is 19.4. The molecule has 3 rings (SSSR count). The summed E-state index contributed by atoms with van der Waals surface area (Å²) < 4.78 is 27.8. The molecule has 0 saturated carbocycles. The van der Waals surface area contributed by atoms with Crippen molar-refractivity contribution in [3.05, 3.63) is 47.3 Å². The normalized spacial score (nSPS) is 17.6. The third-order valence-corrected chi connectivity index (χ3v) is 7.74. The summed E-state index contributed by atoms with van der Waals surface area (Å²) in [6.07, 6.45) is 1.37. The van der Waals surface area contributed by atoms with E-state index in [4.69, 9.17) is 0 Å². The molecular weight excluding hydrogens is 382 g/mol. The van der Waals surface area contributed by atoms with Crippen LogP contribution in [0.25, 0.3) is 0 Å². The van der Waals surface area contributed by atoms with Gasteiger partial charge in [-0.3, -0.25) is 9.69 Å². The van der Waals surface area contributed by atoms with E-state index in [2.05, 4.69) is 14.9 Å². The lowest BCUT2D eigenvalue weighted by molar-refractivity contribution is -0.121. The van der Waals surface area contributed by atoms with Gasteiger partial charge in [-0.1, -0.05) is 18.2 Å². The van der Waals surface area contributed by atoms with Crippen LogP contribution in [0, 0.1) is 6.92 Å². The number of amides is 1. The number of carbonyl (C=O) groups is 1. The van der Waals surface area contributed by atoms with Crippen LogP contribution in [0.3, 0.4) is 0 Å². The molecule has 146 valence electrons. The number of anilines is 1.